The predicted octanol–water partition coefficient (Wildman–Crippen LogP) is 0.701. The summed E-state index contributed by atoms with van der Waals surface area (Å²) in [4.78, 5) is 46.9. The molecule has 0 fully saturated rings. The molecule has 0 heterocycles. The minimum Gasteiger partial charge on any atom is -0.449 e. The second-order valence-electron chi connectivity index (χ2n) is 4.43. The molecule has 0 aromatic heterocycles. The molecule has 1 atom stereocenters. The smallest absolute Gasteiger partial charge is 0.449 e. The van der Waals surface area contributed by atoms with E-state index in [1.807, 2.05) is 0 Å². The normalized spacial score (nSPS) is 12.0. The molecule has 0 spiro atoms. The SMILES string of the molecule is CCCC(OC(=O)CS)C(OC(=O)CS)(OC(=O)CS)OC(=O)CS. The predicted molar refractivity (Wildman–Crippen MR) is 101 cm³/mol. The molecule has 0 bridgehead atoms. The Balaban J connectivity index is 5.99. The molecule has 0 aromatic rings. The Morgan fingerprint density at radius 1 is 0.760 bits per heavy atom. The Hall–Kier alpha value is -0.720. The molecule has 12 heteroatoms. The van der Waals surface area contributed by atoms with Crippen LogP contribution in [-0.4, -0.2) is 59.0 Å². The number of rotatable bonds is 11. The first-order chi connectivity index (χ1) is 11.8. The Kier molecular flexibility index (Phi) is 12.2. The van der Waals surface area contributed by atoms with Gasteiger partial charge in [0.25, 0.3) is 0 Å². The van der Waals surface area contributed by atoms with Gasteiger partial charge in [-0.25, -0.2) is 0 Å². The zero-order valence-corrected chi connectivity index (χ0v) is 17.0. The Labute approximate surface area is 167 Å². The zero-order valence-electron chi connectivity index (χ0n) is 13.4. The van der Waals surface area contributed by atoms with Crippen molar-refractivity contribution in [3.8, 4) is 0 Å². The lowest BCUT2D eigenvalue weighted by atomic mass is 10.1. The summed E-state index contributed by atoms with van der Waals surface area (Å²) in [6.45, 7) is 1.73. The molecule has 25 heavy (non-hydrogen) atoms. The van der Waals surface area contributed by atoms with E-state index in [-0.39, 0.29) is 12.2 Å². The number of hydrogen-bond acceptors (Lipinski definition) is 12. The highest BCUT2D eigenvalue weighted by Gasteiger charge is 2.53. The molecule has 0 aliphatic rings. The van der Waals surface area contributed by atoms with Crippen LogP contribution < -0.4 is 0 Å². The van der Waals surface area contributed by atoms with Crippen LogP contribution >= 0.6 is 50.5 Å². The highest BCUT2D eigenvalue weighted by Crippen LogP contribution is 2.28. The number of carbonyl (C=O) groups excluding carboxylic acids is 4. The number of ether oxygens (including phenoxy) is 4. The van der Waals surface area contributed by atoms with Crippen LogP contribution in [0.2, 0.25) is 0 Å². The average molecular weight is 433 g/mol. The summed E-state index contributed by atoms with van der Waals surface area (Å²) in [5.41, 5.74) is 0. The molecule has 0 N–H and O–H groups in total. The van der Waals surface area contributed by atoms with Gasteiger partial charge < -0.3 is 18.9 Å². The molecular weight excluding hydrogens is 412 g/mol. The first kappa shape index (κ1) is 24.3. The van der Waals surface area contributed by atoms with Gasteiger partial charge in [0.15, 0.2) is 0 Å². The van der Waals surface area contributed by atoms with Gasteiger partial charge in [0.2, 0.25) is 6.10 Å². The van der Waals surface area contributed by atoms with E-state index in [4.69, 9.17) is 18.9 Å². The number of thiol groups is 4. The van der Waals surface area contributed by atoms with Gasteiger partial charge in [-0.2, -0.15) is 50.5 Å². The van der Waals surface area contributed by atoms with Crippen molar-refractivity contribution in [2.75, 3.05) is 23.0 Å². The van der Waals surface area contributed by atoms with Crippen molar-refractivity contribution in [1.82, 2.24) is 0 Å². The van der Waals surface area contributed by atoms with E-state index < -0.39 is 53.2 Å². The summed E-state index contributed by atoms with van der Waals surface area (Å²) in [7, 11) is 0. The Morgan fingerprint density at radius 2 is 1.12 bits per heavy atom. The Morgan fingerprint density at radius 3 is 1.40 bits per heavy atom. The summed E-state index contributed by atoms with van der Waals surface area (Å²) in [5, 5.41) is 0. The van der Waals surface area contributed by atoms with E-state index in [9.17, 15) is 19.2 Å². The van der Waals surface area contributed by atoms with Gasteiger partial charge >= 0.3 is 29.9 Å². The summed E-state index contributed by atoms with van der Waals surface area (Å²) in [6, 6.07) is 0. The first-order valence-corrected chi connectivity index (χ1v) is 9.59. The fraction of sp³-hybridized carbons (Fsp3) is 0.692. The fourth-order valence-electron chi connectivity index (χ4n) is 1.60. The van der Waals surface area contributed by atoms with Crippen LogP contribution in [0.25, 0.3) is 0 Å². The van der Waals surface area contributed by atoms with Crippen LogP contribution in [0.1, 0.15) is 19.8 Å². The van der Waals surface area contributed by atoms with Crippen molar-refractivity contribution in [3.05, 3.63) is 0 Å². The van der Waals surface area contributed by atoms with E-state index in [2.05, 4.69) is 50.5 Å². The molecule has 0 amide bonds. The molecule has 0 saturated heterocycles. The van der Waals surface area contributed by atoms with Crippen molar-refractivity contribution in [2.24, 2.45) is 0 Å². The minimum atomic E-state index is -2.60. The van der Waals surface area contributed by atoms with Crippen molar-refractivity contribution in [2.45, 2.75) is 31.8 Å². The molecule has 0 saturated carbocycles. The van der Waals surface area contributed by atoms with Crippen molar-refractivity contribution < 1.29 is 38.1 Å². The largest absolute Gasteiger partial charge is 0.463 e. The van der Waals surface area contributed by atoms with E-state index in [0.29, 0.717) is 6.42 Å². The topological polar surface area (TPSA) is 105 Å². The van der Waals surface area contributed by atoms with Crippen molar-refractivity contribution in [1.29, 1.82) is 0 Å². The van der Waals surface area contributed by atoms with Crippen LogP contribution in [0.5, 0.6) is 0 Å². The summed E-state index contributed by atoms with van der Waals surface area (Å²) in [6.07, 6.45) is -0.936. The average Bonchev–Trinajstić information content (AvgIpc) is 2.60. The number of esters is 4. The van der Waals surface area contributed by atoms with Gasteiger partial charge in [-0.1, -0.05) is 13.3 Å². The number of hydrogen-bond donors (Lipinski definition) is 4. The lowest BCUT2D eigenvalue weighted by molar-refractivity contribution is -0.362. The molecule has 8 nitrogen and oxygen atoms in total. The van der Waals surface area contributed by atoms with Gasteiger partial charge in [-0.3, -0.25) is 19.2 Å². The van der Waals surface area contributed by atoms with E-state index in [0.717, 1.165) is 0 Å². The van der Waals surface area contributed by atoms with Gasteiger partial charge in [0, 0.05) is 0 Å². The van der Waals surface area contributed by atoms with Crippen molar-refractivity contribution in [3.63, 3.8) is 0 Å². The highest BCUT2D eigenvalue weighted by atomic mass is 32.1. The van der Waals surface area contributed by atoms with Gasteiger partial charge in [0.05, 0.1) is 23.0 Å². The second-order valence-corrected chi connectivity index (χ2v) is 5.69. The third-order valence-electron chi connectivity index (χ3n) is 2.50. The molecular formula is C13H20O8S4. The molecule has 0 aliphatic heterocycles. The van der Waals surface area contributed by atoms with Crippen LogP contribution in [0.15, 0.2) is 0 Å². The van der Waals surface area contributed by atoms with Gasteiger partial charge in [-0.05, 0) is 6.42 Å². The lowest BCUT2D eigenvalue weighted by Gasteiger charge is -2.36. The first-order valence-electron chi connectivity index (χ1n) is 7.06. The molecule has 144 valence electrons. The van der Waals surface area contributed by atoms with Crippen LogP contribution in [-0.2, 0) is 38.1 Å². The third-order valence-corrected chi connectivity index (χ3v) is 3.54. The standard InChI is InChI=1S/C13H20O8S4/c1-2-3-8(18-9(14)4-22)13(19-10(15)5-23,20-11(16)6-24)21-12(17)7-25/h8,22-25H,2-7H2,1H3. The van der Waals surface area contributed by atoms with Crippen molar-refractivity contribution >= 4 is 74.4 Å². The number of carbonyl (C=O) groups is 4. The molecule has 0 radical (unpaired) electrons. The quantitative estimate of drug-likeness (QED) is 0.215. The fourth-order valence-corrected chi connectivity index (χ4v) is 1.87. The van der Waals surface area contributed by atoms with E-state index >= 15 is 0 Å². The summed E-state index contributed by atoms with van der Waals surface area (Å²) in [5.74, 6) is -7.81. The monoisotopic (exact) mass is 432 g/mol. The molecule has 0 aliphatic carbocycles. The molecule has 0 rings (SSSR count). The van der Waals surface area contributed by atoms with Crippen LogP contribution in [0.4, 0.5) is 0 Å². The highest BCUT2D eigenvalue weighted by molar-refractivity contribution is 7.81. The van der Waals surface area contributed by atoms with Gasteiger partial charge in [-0.15, -0.1) is 0 Å². The maximum Gasteiger partial charge on any atom is 0.463 e. The lowest BCUT2D eigenvalue weighted by Crippen LogP contribution is -2.55. The minimum absolute atomic E-state index is 0.0546. The second kappa shape index (κ2) is 12.6. The van der Waals surface area contributed by atoms with Crippen LogP contribution in [0.3, 0.4) is 0 Å². The zero-order chi connectivity index (χ0) is 19.5. The maximum absolute atomic E-state index is 11.8. The third kappa shape index (κ3) is 8.47. The van der Waals surface area contributed by atoms with Crippen LogP contribution in [0, 0.1) is 0 Å². The maximum atomic E-state index is 11.8. The molecule has 1 unspecified atom stereocenters. The molecule has 0 aromatic carbocycles. The summed E-state index contributed by atoms with van der Waals surface area (Å²) < 4.78 is 20.2. The Bertz CT molecular complexity index is 439. The van der Waals surface area contributed by atoms with E-state index in [1.54, 1.807) is 6.92 Å². The summed E-state index contributed by atoms with van der Waals surface area (Å²) >= 11 is 15.1. The van der Waals surface area contributed by atoms with Gasteiger partial charge in [0.1, 0.15) is 0 Å². The van der Waals surface area contributed by atoms with E-state index in [1.165, 1.54) is 0 Å².